The topological polar surface area (TPSA) is 64.6 Å². The molecule has 0 aliphatic heterocycles. The predicted octanol–water partition coefficient (Wildman–Crippen LogP) is 4.89. The Kier molecular flexibility index (Phi) is 24.6. The first kappa shape index (κ1) is 35.0. The summed E-state index contributed by atoms with van der Waals surface area (Å²) in [6.07, 6.45) is 0. The largest absolute Gasteiger partial charge is 2.00 e. The monoisotopic (exact) mass is 620 g/mol. The Bertz CT molecular complexity index is 380. The van der Waals surface area contributed by atoms with Gasteiger partial charge >= 0.3 is 48.9 Å². The smallest absolute Gasteiger partial charge is 0.793 e. The Balaban J connectivity index is -0.000000411. The van der Waals surface area contributed by atoms with Gasteiger partial charge in [0, 0.05) is 22.9 Å². The van der Waals surface area contributed by atoms with Crippen LogP contribution >= 0.6 is 34.2 Å². The summed E-state index contributed by atoms with van der Waals surface area (Å²) in [5.74, 6) is 3.39. The molecular formula is C16H36BaO4P2S4. The van der Waals surface area contributed by atoms with Crippen molar-refractivity contribution in [2.75, 3.05) is 24.7 Å². The van der Waals surface area contributed by atoms with Gasteiger partial charge in [-0.15, -0.1) is 22.8 Å². The van der Waals surface area contributed by atoms with Crippen LogP contribution in [0.1, 0.15) is 55.4 Å². The predicted molar refractivity (Wildman–Crippen MR) is 130 cm³/mol. The van der Waals surface area contributed by atoms with Crippen molar-refractivity contribution in [1.82, 2.24) is 0 Å². The molecule has 2 unspecified atom stereocenters. The minimum atomic E-state index is -2.80. The summed E-state index contributed by atoms with van der Waals surface area (Å²) in [6, 6.07) is 0. The van der Waals surface area contributed by atoms with E-state index >= 15 is 0 Å². The standard InChI is InChI=1S/2C8H19O2PS2.Ba/c2*1-7(2)5-10-11(9,12)13-6-8(3)4;/h2*7-8H,5-6H2,1-4H3,(H,9,12);/q;;+2/p-2. The van der Waals surface area contributed by atoms with Crippen molar-refractivity contribution >= 4 is 107 Å². The van der Waals surface area contributed by atoms with Crippen LogP contribution in [0.5, 0.6) is 0 Å². The third-order valence-corrected chi connectivity index (χ3v) is 11.4. The summed E-state index contributed by atoms with van der Waals surface area (Å²) in [5.41, 5.74) is -5.60. The molecule has 0 N–H and O–H groups in total. The van der Waals surface area contributed by atoms with Crippen LogP contribution in [-0.4, -0.2) is 73.6 Å². The third-order valence-electron chi connectivity index (χ3n) is 2.26. The molecule has 27 heavy (non-hydrogen) atoms. The summed E-state index contributed by atoms with van der Waals surface area (Å²) in [7, 11) is 0. The van der Waals surface area contributed by atoms with E-state index in [0.717, 1.165) is 11.5 Å². The number of hydrogen-bond acceptors (Lipinski definition) is 8. The zero-order valence-corrected chi connectivity index (χ0v) is 27.5. The first-order valence-electron chi connectivity index (χ1n) is 8.87. The summed E-state index contributed by atoms with van der Waals surface area (Å²) >= 11 is 12.3. The molecule has 0 aromatic rings. The van der Waals surface area contributed by atoms with Gasteiger partial charge in [0.15, 0.2) is 0 Å². The van der Waals surface area contributed by atoms with Crippen LogP contribution in [0, 0.1) is 23.7 Å². The number of hydrogen-bond donors (Lipinski definition) is 0. The Morgan fingerprint density at radius 3 is 1.11 bits per heavy atom. The second kappa shape index (κ2) is 18.9. The van der Waals surface area contributed by atoms with E-state index in [9.17, 15) is 9.79 Å². The van der Waals surface area contributed by atoms with Crippen molar-refractivity contribution in [2.45, 2.75) is 55.4 Å². The molecule has 0 aliphatic carbocycles. The second-order valence-electron chi connectivity index (χ2n) is 7.65. The maximum Gasteiger partial charge on any atom is 2.00 e. The van der Waals surface area contributed by atoms with Crippen molar-refractivity contribution in [1.29, 1.82) is 0 Å². The molecule has 11 heteroatoms. The molecule has 0 saturated heterocycles. The Morgan fingerprint density at radius 2 is 0.926 bits per heavy atom. The van der Waals surface area contributed by atoms with Crippen molar-refractivity contribution in [3.05, 3.63) is 0 Å². The van der Waals surface area contributed by atoms with E-state index in [1.165, 1.54) is 22.8 Å². The first-order chi connectivity index (χ1) is 11.7. The van der Waals surface area contributed by atoms with E-state index in [-0.39, 0.29) is 48.9 Å². The normalized spacial score (nSPS) is 15.9. The van der Waals surface area contributed by atoms with Gasteiger partial charge in [-0.2, -0.15) is 0 Å². The van der Waals surface area contributed by atoms with Gasteiger partial charge in [0.2, 0.25) is 0 Å². The summed E-state index contributed by atoms with van der Waals surface area (Å²) in [4.78, 5) is 23.2. The summed E-state index contributed by atoms with van der Waals surface area (Å²) in [5, 5.41) is 0. The van der Waals surface area contributed by atoms with Gasteiger partial charge in [-0.05, 0) is 23.7 Å². The Hall–Kier alpha value is 3.41. The fourth-order valence-corrected chi connectivity index (χ4v) is 8.27. The Labute approximate surface area is 226 Å². The van der Waals surface area contributed by atoms with Crippen LogP contribution in [0.3, 0.4) is 0 Å². The van der Waals surface area contributed by atoms with E-state index in [1.54, 1.807) is 0 Å². The van der Waals surface area contributed by atoms with E-state index < -0.39 is 11.4 Å². The molecule has 0 radical (unpaired) electrons. The van der Waals surface area contributed by atoms with Crippen molar-refractivity contribution in [3.8, 4) is 0 Å². The average molecular weight is 620 g/mol. The van der Waals surface area contributed by atoms with Gasteiger partial charge < -0.3 is 18.8 Å². The fourth-order valence-electron chi connectivity index (χ4n) is 1.04. The zero-order chi connectivity index (χ0) is 21.0. The molecule has 0 aromatic heterocycles. The SMILES string of the molecule is CC(C)COP([O-])(=S)SCC(C)C.CC(C)COP([O-])(=S)SCC(C)C.[Ba+2]. The van der Waals surface area contributed by atoms with Crippen LogP contribution in [0.25, 0.3) is 0 Å². The molecule has 0 aromatic carbocycles. The molecule has 0 aliphatic rings. The molecular weight excluding hydrogens is 584 g/mol. The van der Waals surface area contributed by atoms with E-state index in [0.29, 0.717) is 36.9 Å². The molecule has 4 nitrogen and oxygen atoms in total. The minimum Gasteiger partial charge on any atom is -0.793 e. The minimum absolute atomic E-state index is 0. The third kappa shape index (κ3) is 29.4. The van der Waals surface area contributed by atoms with Gasteiger partial charge in [-0.1, -0.05) is 79.0 Å². The molecule has 0 amide bonds. The van der Waals surface area contributed by atoms with Gasteiger partial charge in [-0.3, -0.25) is 0 Å². The van der Waals surface area contributed by atoms with Gasteiger partial charge in [0.1, 0.15) is 0 Å². The maximum atomic E-state index is 11.6. The first-order valence-corrected chi connectivity index (χ1v) is 17.3. The van der Waals surface area contributed by atoms with Crippen LogP contribution in [0.2, 0.25) is 0 Å². The summed E-state index contributed by atoms with van der Waals surface area (Å²) < 4.78 is 10.3. The molecule has 0 saturated carbocycles. The van der Waals surface area contributed by atoms with Crippen molar-refractivity contribution < 1.29 is 18.8 Å². The second-order valence-corrected chi connectivity index (χ2v) is 19.8. The van der Waals surface area contributed by atoms with E-state index in [1.807, 2.05) is 27.7 Å². The van der Waals surface area contributed by atoms with Crippen LogP contribution in [0.4, 0.5) is 0 Å². The number of rotatable bonds is 12. The van der Waals surface area contributed by atoms with Gasteiger partial charge in [0.05, 0.1) is 13.2 Å². The molecule has 0 spiro atoms. The van der Waals surface area contributed by atoms with E-state index in [4.69, 9.17) is 32.7 Å². The molecule has 0 heterocycles. The van der Waals surface area contributed by atoms with Gasteiger partial charge in [-0.25, -0.2) is 0 Å². The summed E-state index contributed by atoms with van der Waals surface area (Å²) in [6.45, 7) is 17.3. The van der Waals surface area contributed by atoms with Crippen LogP contribution in [0.15, 0.2) is 0 Å². The van der Waals surface area contributed by atoms with Crippen molar-refractivity contribution in [2.24, 2.45) is 23.7 Å². The van der Waals surface area contributed by atoms with Gasteiger partial charge in [0.25, 0.3) is 0 Å². The van der Waals surface area contributed by atoms with Crippen molar-refractivity contribution in [3.63, 3.8) is 0 Å². The van der Waals surface area contributed by atoms with Crippen LogP contribution in [-0.2, 0) is 32.7 Å². The fraction of sp³-hybridized carbons (Fsp3) is 1.00. The quantitative estimate of drug-likeness (QED) is 0.226. The van der Waals surface area contributed by atoms with Crippen LogP contribution < -0.4 is 9.79 Å². The molecule has 160 valence electrons. The Morgan fingerprint density at radius 1 is 0.667 bits per heavy atom. The maximum absolute atomic E-state index is 11.6. The molecule has 2 atom stereocenters. The zero-order valence-electron chi connectivity index (χ0n) is 18.0. The molecule has 0 fully saturated rings. The molecule has 0 bridgehead atoms. The molecule has 0 rings (SSSR count). The van der Waals surface area contributed by atoms with E-state index in [2.05, 4.69) is 27.7 Å². The average Bonchev–Trinajstić information content (AvgIpc) is 2.48.